The number of carbonyl (C=O) groups is 1. The molecule has 1 aromatic heterocycles. The van der Waals surface area contributed by atoms with E-state index in [2.05, 4.69) is 20.5 Å². The van der Waals surface area contributed by atoms with E-state index >= 15 is 0 Å². The number of nitrogens with one attached hydrogen (secondary N) is 2. The number of aromatic nitrogens is 3. The first-order chi connectivity index (χ1) is 15.5. The molecule has 0 bridgehead atoms. The molecule has 1 saturated heterocycles. The smallest absolute Gasteiger partial charge is 0.243 e. The third-order valence-corrected chi connectivity index (χ3v) is 8.11. The lowest BCUT2D eigenvalue weighted by Gasteiger charge is -2.30. The number of nitrogens with zero attached hydrogens (tertiary/aromatic N) is 3. The molecule has 2 heterocycles. The summed E-state index contributed by atoms with van der Waals surface area (Å²) in [7, 11) is -3.50. The van der Waals surface area contributed by atoms with Gasteiger partial charge in [0.25, 0.3) is 0 Å². The van der Waals surface area contributed by atoms with Gasteiger partial charge in [0.2, 0.25) is 21.1 Å². The zero-order valence-corrected chi connectivity index (χ0v) is 19.1. The minimum absolute atomic E-state index is 0.0256. The van der Waals surface area contributed by atoms with Crippen LogP contribution in [0.25, 0.3) is 11.4 Å². The zero-order chi connectivity index (χ0) is 22.4. The van der Waals surface area contributed by atoms with Gasteiger partial charge in [0.05, 0.1) is 4.90 Å². The topological polar surface area (TPSA) is 108 Å². The zero-order valence-electron chi connectivity index (χ0n) is 17.5. The maximum atomic E-state index is 12.7. The number of sulfonamides is 1. The summed E-state index contributed by atoms with van der Waals surface area (Å²) >= 11 is 1.47. The maximum absolute atomic E-state index is 12.7. The van der Waals surface area contributed by atoms with Gasteiger partial charge < -0.3 is 5.32 Å². The highest BCUT2D eigenvalue weighted by Crippen LogP contribution is 2.24. The van der Waals surface area contributed by atoms with E-state index in [0.29, 0.717) is 54.1 Å². The molecule has 0 radical (unpaired) electrons. The van der Waals surface area contributed by atoms with Gasteiger partial charge in [0.1, 0.15) is 0 Å². The number of hydrogen-bond donors (Lipinski definition) is 2. The van der Waals surface area contributed by atoms with Gasteiger partial charge in [0, 0.05) is 36.9 Å². The molecule has 0 aliphatic carbocycles. The maximum Gasteiger partial charge on any atom is 0.243 e. The van der Waals surface area contributed by atoms with Gasteiger partial charge >= 0.3 is 0 Å². The van der Waals surface area contributed by atoms with E-state index in [4.69, 9.17) is 0 Å². The number of thioether (sulfide) groups is 1. The molecular formula is C22H25N5O3S2. The molecule has 1 amide bonds. The Bertz CT molecular complexity index is 1130. The molecule has 10 heteroatoms. The number of benzene rings is 2. The summed E-state index contributed by atoms with van der Waals surface area (Å²) in [6, 6.07) is 18.2. The Balaban J connectivity index is 1.19. The summed E-state index contributed by atoms with van der Waals surface area (Å²) in [5, 5.41) is 10.7. The fourth-order valence-electron chi connectivity index (χ4n) is 3.60. The molecule has 0 atom stereocenters. The van der Waals surface area contributed by atoms with Crippen LogP contribution in [0.3, 0.4) is 0 Å². The van der Waals surface area contributed by atoms with Gasteiger partial charge in [-0.1, -0.05) is 60.3 Å². The largest absolute Gasteiger partial charge is 0.355 e. The van der Waals surface area contributed by atoms with Crippen LogP contribution in [-0.4, -0.2) is 59.2 Å². The predicted molar refractivity (Wildman–Crippen MR) is 123 cm³/mol. The molecule has 3 aromatic rings. The average molecular weight is 472 g/mol. The number of H-pyrrole nitrogens is 1. The molecule has 8 nitrogen and oxygen atoms in total. The summed E-state index contributed by atoms with van der Waals surface area (Å²) in [5.41, 5.74) is 0.973. The molecule has 32 heavy (non-hydrogen) atoms. The van der Waals surface area contributed by atoms with E-state index in [1.54, 1.807) is 30.3 Å². The third kappa shape index (κ3) is 5.37. The fourth-order valence-corrected chi connectivity index (χ4v) is 5.74. The Labute approximate surface area is 191 Å². The van der Waals surface area contributed by atoms with Crippen LogP contribution < -0.4 is 5.32 Å². The van der Waals surface area contributed by atoms with Crippen molar-refractivity contribution in [1.29, 1.82) is 0 Å². The van der Waals surface area contributed by atoms with Crippen molar-refractivity contribution in [3.63, 3.8) is 0 Å². The molecule has 0 saturated carbocycles. The average Bonchev–Trinajstić information content (AvgIpc) is 3.32. The second-order valence-electron chi connectivity index (χ2n) is 7.46. The van der Waals surface area contributed by atoms with Gasteiger partial charge in [0.15, 0.2) is 5.82 Å². The Morgan fingerprint density at radius 1 is 1.06 bits per heavy atom. The number of hydrogen-bond acceptors (Lipinski definition) is 6. The molecule has 0 unspecified atom stereocenters. The molecule has 4 rings (SSSR count). The Hall–Kier alpha value is -2.69. The monoisotopic (exact) mass is 471 g/mol. The lowest BCUT2D eigenvalue weighted by Crippen LogP contribution is -2.43. The summed E-state index contributed by atoms with van der Waals surface area (Å²) in [6.07, 6.45) is 1.04. The normalized spacial score (nSPS) is 15.5. The highest BCUT2D eigenvalue weighted by atomic mass is 32.2. The number of carbonyl (C=O) groups excluding carboxylic acids is 1. The lowest BCUT2D eigenvalue weighted by molar-refractivity contribution is -0.125. The Kier molecular flexibility index (Phi) is 7.23. The molecule has 1 aliphatic rings. The van der Waals surface area contributed by atoms with Crippen molar-refractivity contribution < 1.29 is 13.2 Å². The molecule has 2 aromatic carbocycles. The van der Waals surface area contributed by atoms with E-state index in [1.165, 1.54) is 16.1 Å². The van der Waals surface area contributed by atoms with Crippen molar-refractivity contribution in [3.8, 4) is 11.4 Å². The van der Waals surface area contributed by atoms with E-state index in [1.807, 2.05) is 30.3 Å². The van der Waals surface area contributed by atoms with Crippen LogP contribution in [0.1, 0.15) is 12.8 Å². The molecule has 2 N–H and O–H groups in total. The second-order valence-corrected chi connectivity index (χ2v) is 10.5. The third-order valence-electron chi connectivity index (χ3n) is 5.35. The van der Waals surface area contributed by atoms with Crippen molar-refractivity contribution in [3.05, 3.63) is 60.7 Å². The minimum Gasteiger partial charge on any atom is -0.355 e. The van der Waals surface area contributed by atoms with Crippen molar-refractivity contribution in [2.45, 2.75) is 22.9 Å². The number of piperidine rings is 1. The second kappa shape index (κ2) is 10.3. The first-order valence-electron chi connectivity index (χ1n) is 10.5. The van der Waals surface area contributed by atoms with Crippen molar-refractivity contribution in [2.24, 2.45) is 5.92 Å². The highest BCUT2D eigenvalue weighted by Gasteiger charge is 2.31. The van der Waals surface area contributed by atoms with Crippen LogP contribution in [0, 0.1) is 5.92 Å². The molecule has 168 valence electrons. The van der Waals surface area contributed by atoms with Crippen LogP contribution in [-0.2, 0) is 14.8 Å². The van der Waals surface area contributed by atoms with Crippen molar-refractivity contribution >= 4 is 27.7 Å². The first kappa shape index (κ1) is 22.5. The summed E-state index contributed by atoms with van der Waals surface area (Å²) in [5.74, 6) is 1.17. The standard InChI is InChI=1S/C22H25N5O3S2/c28-21(18-11-14-27(15-12-18)32(29,30)19-9-5-2-6-10-19)23-13-16-31-22-24-20(25-26-22)17-7-3-1-4-8-17/h1-10,18H,11-16H2,(H,23,28)(H,24,25,26). The fraction of sp³-hybridized carbons (Fsp3) is 0.318. The van der Waals surface area contributed by atoms with E-state index in [0.717, 1.165) is 5.56 Å². The molecular weight excluding hydrogens is 446 g/mol. The van der Waals surface area contributed by atoms with Gasteiger partial charge in [-0.3, -0.25) is 9.89 Å². The first-order valence-corrected chi connectivity index (χ1v) is 12.9. The number of amides is 1. The van der Waals surface area contributed by atoms with Crippen LogP contribution in [0.4, 0.5) is 0 Å². The Morgan fingerprint density at radius 2 is 1.72 bits per heavy atom. The number of aromatic amines is 1. The van der Waals surface area contributed by atoms with Crippen LogP contribution in [0.2, 0.25) is 0 Å². The molecule has 1 fully saturated rings. The summed E-state index contributed by atoms with van der Waals surface area (Å²) < 4.78 is 26.9. The van der Waals surface area contributed by atoms with Gasteiger partial charge in [-0.15, -0.1) is 5.10 Å². The quantitative estimate of drug-likeness (QED) is 0.386. The lowest BCUT2D eigenvalue weighted by atomic mass is 9.97. The summed E-state index contributed by atoms with van der Waals surface area (Å²) in [6.45, 7) is 1.20. The SMILES string of the molecule is O=C(NCCSc1n[nH]c(-c2ccccc2)n1)C1CCN(S(=O)(=O)c2ccccc2)CC1. The van der Waals surface area contributed by atoms with Gasteiger partial charge in [-0.05, 0) is 25.0 Å². The summed E-state index contributed by atoms with van der Waals surface area (Å²) in [4.78, 5) is 17.3. The van der Waals surface area contributed by atoms with E-state index in [-0.39, 0.29) is 11.8 Å². The van der Waals surface area contributed by atoms with Crippen LogP contribution >= 0.6 is 11.8 Å². The molecule has 1 aliphatic heterocycles. The van der Waals surface area contributed by atoms with Crippen LogP contribution in [0.15, 0.2) is 70.7 Å². The highest BCUT2D eigenvalue weighted by molar-refractivity contribution is 7.99. The number of rotatable bonds is 8. The molecule has 0 spiro atoms. The van der Waals surface area contributed by atoms with Crippen molar-refractivity contribution in [2.75, 3.05) is 25.4 Å². The Morgan fingerprint density at radius 3 is 2.41 bits per heavy atom. The van der Waals surface area contributed by atoms with E-state index < -0.39 is 10.0 Å². The van der Waals surface area contributed by atoms with E-state index in [9.17, 15) is 13.2 Å². The van der Waals surface area contributed by atoms with Gasteiger partial charge in [-0.2, -0.15) is 4.31 Å². The van der Waals surface area contributed by atoms with Crippen molar-refractivity contribution in [1.82, 2.24) is 24.8 Å². The van der Waals surface area contributed by atoms with Crippen LogP contribution in [0.5, 0.6) is 0 Å². The minimum atomic E-state index is -3.50. The van der Waals surface area contributed by atoms with Gasteiger partial charge in [-0.25, -0.2) is 13.4 Å². The predicted octanol–water partition coefficient (Wildman–Crippen LogP) is 2.78.